The van der Waals surface area contributed by atoms with Gasteiger partial charge < -0.3 is 4.74 Å². The quantitative estimate of drug-likeness (QED) is 0.751. The van der Waals surface area contributed by atoms with Crippen LogP contribution in [0.2, 0.25) is 0 Å². The van der Waals surface area contributed by atoms with Gasteiger partial charge in [0.05, 0.1) is 18.8 Å². The van der Waals surface area contributed by atoms with Gasteiger partial charge in [0.2, 0.25) is 0 Å². The van der Waals surface area contributed by atoms with Crippen LogP contribution in [0.15, 0.2) is 24.5 Å². The fourth-order valence-electron chi connectivity index (χ4n) is 1.53. The predicted octanol–water partition coefficient (Wildman–Crippen LogP) is 2.76. The summed E-state index contributed by atoms with van der Waals surface area (Å²) in [6.07, 6.45) is 3.52. The van der Waals surface area contributed by atoms with E-state index in [9.17, 15) is 0 Å². The van der Waals surface area contributed by atoms with Crippen molar-refractivity contribution in [3.63, 3.8) is 0 Å². The number of hydrogen-bond donors (Lipinski definition) is 0. The van der Waals surface area contributed by atoms with E-state index in [4.69, 9.17) is 4.74 Å². The Labute approximate surface area is 89.1 Å². The van der Waals surface area contributed by atoms with Crippen LogP contribution < -0.4 is 4.74 Å². The molecule has 0 aliphatic carbocycles. The molecule has 0 fully saturated rings. The van der Waals surface area contributed by atoms with Crippen molar-refractivity contribution in [3.05, 3.63) is 30.2 Å². The lowest BCUT2D eigenvalue weighted by Gasteiger charge is -2.09. The largest absolute Gasteiger partial charge is 0.496 e. The van der Waals surface area contributed by atoms with Gasteiger partial charge in [-0.3, -0.25) is 9.97 Å². The first-order valence-corrected chi connectivity index (χ1v) is 5.01. The second kappa shape index (κ2) is 3.85. The summed E-state index contributed by atoms with van der Waals surface area (Å²) in [5.74, 6) is 1.26. The molecular formula is C12H14N2O. The molecule has 0 amide bonds. The topological polar surface area (TPSA) is 35.0 Å². The molecule has 0 aliphatic heterocycles. The maximum absolute atomic E-state index is 5.35. The summed E-state index contributed by atoms with van der Waals surface area (Å²) >= 11 is 0. The molecule has 2 rings (SSSR count). The summed E-state index contributed by atoms with van der Waals surface area (Å²) < 4.78 is 5.35. The highest BCUT2D eigenvalue weighted by molar-refractivity contribution is 5.84. The average molecular weight is 202 g/mol. The molecule has 2 aromatic rings. The van der Waals surface area contributed by atoms with Crippen molar-refractivity contribution in [3.8, 4) is 5.75 Å². The van der Waals surface area contributed by atoms with Gasteiger partial charge >= 0.3 is 0 Å². The van der Waals surface area contributed by atoms with Crippen LogP contribution in [0, 0.1) is 0 Å². The molecule has 0 spiro atoms. The molecule has 0 saturated heterocycles. The molecule has 0 bridgehead atoms. The molecule has 0 radical (unpaired) electrons. The minimum absolute atomic E-state index is 0.392. The van der Waals surface area contributed by atoms with Gasteiger partial charge in [-0.15, -0.1) is 0 Å². The van der Waals surface area contributed by atoms with E-state index in [2.05, 4.69) is 23.8 Å². The minimum atomic E-state index is 0.392. The van der Waals surface area contributed by atoms with Gasteiger partial charge in [0, 0.05) is 23.3 Å². The Hall–Kier alpha value is -1.64. The molecule has 15 heavy (non-hydrogen) atoms. The number of aromatic nitrogens is 2. The summed E-state index contributed by atoms with van der Waals surface area (Å²) in [4.78, 5) is 8.61. The van der Waals surface area contributed by atoms with E-state index in [1.165, 1.54) is 0 Å². The van der Waals surface area contributed by atoms with Crippen LogP contribution in [0.5, 0.6) is 5.75 Å². The molecule has 0 aromatic carbocycles. The molecule has 3 nitrogen and oxygen atoms in total. The van der Waals surface area contributed by atoms with E-state index in [0.717, 1.165) is 22.3 Å². The van der Waals surface area contributed by atoms with Gasteiger partial charge in [0.1, 0.15) is 5.75 Å². The van der Waals surface area contributed by atoms with Crippen molar-refractivity contribution in [1.82, 2.24) is 9.97 Å². The number of methoxy groups -OCH3 is 1. The molecule has 3 heteroatoms. The molecule has 0 aliphatic rings. The van der Waals surface area contributed by atoms with Gasteiger partial charge in [-0.2, -0.15) is 0 Å². The molecule has 0 saturated carbocycles. The maximum atomic E-state index is 5.35. The molecule has 2 aromatic heterocycles. The Kier molecular flexibility index (Phi) is 2.54. The van der Waals surface area contributed by atoms with E-state index in [0.29, 0.717) is 5.92 Å². The molecule has 2 heterocycles. The van der Waals surface area contributed by atoms with Crippen LogP contribution in [0.25, 0.3) is 10.9 Å². The lowest BCUT2D eigenvalue weighted by molar-refractivity contribution is 0.418. The fourth-order valence-corrected chi connectivity index (χ4v) is 1.53. The molecule has 0 N–H and O–H groups in total. The zero-order valence-corrected chi connectivity index (χ0v) is 9.19. The van der Waals surface area contributed by atoms with Crippen molar-refractivity contribution in [1.29, 1.82) is 0 Å². The van der Waals surface area contributed by atoms with E-state index < -0.39 is 0 Å². The SMILES string of the molecule is COc1cc(C(C)C)nc2cnccc12. The first-order chi connectivity index (χ1) is 7.22. The lowest BCUT2D eigenvalue weighted by atomic mass is 10.1. The van der Waals surface area contributed by atoms with Crippen LogP contribution >= 0.6 is 0 Å². The van der Waals surface area contributed by atoms with Crippen molar-refractivity contribution in [2.75, 3.05) is 7.11 Å². The van der Waals surface area contributed by atoms with Crippen LogP contribution in [0.1, 0.15) is 25.5 Å². The Morgan fingerprint density at radius 3 is 2.80 bits per heavy atom. The number of pyridine rings is 2. The molecule has 78 valence electrons. The number of rotatable bonds is 2. The maximum Gasteiger partial charge on any atom is 0.130 e. The van der Waals surface area contributed by atoms with E-state index in [1.54, 1.807) is 19.5 Å². The predicted molar refractivity (Wildman–Crippen MR) is 60.2 cm³/mol. The normalized spacial score (nSPS) is 10.9. The van der Waals surface area contributed by atoms with Gasteiger partial charge in [-0.1, -0.05) is 13.8 Å². The third-order valence-corrected chi connectivity index (χ3v) is 2.41. The highest BCUT2D eigenvalue weighted by Gasteiger charge is 2.08. The molecule has 0 atom stereocenters. The fraction of sp³-hybridized carbons (Fsp3) is 0.333. The highest BCUT2D eigenvalue weighted by Crippen LogP contribution is 2.27. The minimum Gasteiger partial charge on any atom is -0.496 e. The van der Waals surface area contributed by atoms with Crippen LogP contribution in [0.4, 0.5) is 0 Å². The summed E-state index contributed by atoms with van der Waals surface area (Å²) in [5, 5.41) is 1.01. The lowest BCUT2D eigenvalue weighted by Crippen LogP contribution is -1.96. The number of ether oxygens (including phenoxy) is 1. The van der Waals surface area contributed by atoms with Crippen LogP contribution in [-0.4, -0.2) is 17.1 Å². The molecular weight excluding hydrogens is 188 g/mol. The zero-order valence-electron chi connectivity index (χ0n) is 9.19. The second-order valence-corrected chi connectivity index (χ2v) is 3.80. The van der Waals surface area contributed by atoms with Crippen LogP contribution in [-0.2, 0) is 0 Å². The van der Waals surface area contributed by atoms with Gasteiger partial charge in [-0.25, -0.2) is 0 Å². The van der Waals surface area contributed by atoms with Crippen molar-refractivity contribution >= 4 is 10.9 Å². The monoisotopic (exact) mass is 202 g/mol. The Morgan fingerprint density at radius 1 is 1.33 bits per heavy atom. The van der Waals surface area contributed by atoms with Crippen molar-refractivity contribution < 1.29 is 4.74 Å². The third kappa shape index (κ3) is 1.77. The number of hydrogen-bond acceptors (Lipinski definition) is 3. The van der Waals surface area contributed by atoms with Gasteiger partial charge in [0.25, 0.3) is 0 Å². The summed E-state index contributed by atoms with van der Waals surface area (Å²) in [6, 6.07) is 3.91. The number of fused-ring (bicyclic) bond motifs is 1. The van der Waals surface area contributed by atoms with E-state index >= 15 is 0 Å². The number of nitrogens with zero attached hydrogens (tertiary/aromatic N) is 2. The standard InChI is InChI=1S/C12H14N2O/c1-8(2)10-6-12(15-3)9-4-5-13-7-11(9)14-10/h4-8H,1-3H3. The first-order valence-electron chi connectivity index (χ1n) is 5.01. The first kappa shape index (κ1) is 9.90. The van der Waals surface area contributed by atoms with Crippen molar-refractivity contribution in [2.24, 2.45) is 0 Å². The van der Waals surface area contributed by atoms with E-state index in [-0.39, 0.29) is 0 Å². The smallest absolute Gasteiger partial charge is 0.130 e. The average Bonchev–Trinajstić information content (AvgIpc) is 2.27. The Bertz CT molecular complexity index is 480. The Balaban J connectivity index is 2.71. The summed E-state index contributed by atoms with van der Waals surface area (Å²) in [5.41, 5.74) is 1.92. The zero-order chi connectivity index (χ0) is 10.8. The van der Waals surface area contributed by atoms with Crippen LogP contribution in [0.3, 0.4) is 0 Å². The van der Waals surface area contributed by atoms with E-state index in [1.807, 2.05) is 12.1 Å². The van der Waals surface area contributed by atoms with Gasteiger partial charge in [-0.05, 0) is 12.0 Å². The molecule has 0 unspecified atom stereocenters. The summed E-state index contributed by atoms with van der Waals surface area (Å²) in [6.45, 7) is 4.23. The highest BCUT2D eigenvalue weighted by atomic mass is 16.5. The second-order valence-electron chi connectivity index (χ2n) is 3.80. The van der Waals surface area contributed by atoms with Gasteiger partial charge in [0.15, 0.2) is 0 Å². The van der Waals surface area contributed by atoms with Crippen molar-refractivity contribution in [2.45, 2.75) is 19.8 Å². The Morgan fingerprint density at radius 2 is 2.13 bits per heavy atom. The third-order valence-electron chi connectivity index (χ3n) is 2.41. The summed E-state index contributed by atoms with van der Waals surface area (Å²) in [7, 11) is 1.68.